The molecular weight excluding hydrogens is 259 g/mol. The molecule has 94 valence electrons. The lowest BCUT2D eigenvalue weighted by atomic mass is 10.3. The van der Waals surface area contributed by atoms with Gasteiger partial charge in [-0.1, -0.05) is 17.4 Å². The van der Waals surface area contributed by atoms with Gasteiger partial charge in [-0.05, 0) is 19.1 Å². The number of anilines is 1. The first-order valence-corrected chi connectivity index (χ1v) is 5.77. The third-order valence-corrected chi connectivity index (χ3v) is 2.95. The van der Waals surface area contributed by atoms with Gasteiger partial charge in [0.2, 0.25) is 0 Å². The molecule has 0 saturated carbocycles. The van der Waals surface area contributed by atoms with Crippen molar-refractivity contribution in [2.45, 2.75) is 6.92 Å². The van der Waals surface area contributed by atoms with E-state index in [1.165, 1.54) is 18.2 Å². The third kappa shape index (κ3) is 2.95. The number of carbonyl (C=O) groups is 1. The lowest BCUT2D eigenvalue weighted by Gasteiger charge is -2.00. The van der Waals surface area contributed by atoms with Crippen molar-refractivity contribution in [1.82, 2.24) is 4.98 Å². The zero-order valence-electron chi connectivity index (χ0n) is 9.31. The summed E-state index contributed by atoms with van der Waals surface area (Å²) in [6, 6.07) is 5.63. The van der Waals surface area contributed by atoms with Crippen LogP contribution in [0.15, 0.2) is 24.3 Å². The number of nitrogens with zero attached hydrogens (tertiary/aromatic N) is 1. The van der Waals surface area contributed by atoms with Crippen LogP contribution in [-0.2, 0) is 0 Å². The molecule has 1 aromatic heterocycles. The molecule has 0 atom stereocenters. The second-order valence-corrected chi connectivity index (χ2v) is 4.35. The number of hydrogen-bond acceptors (Lipinski definition) is 4. The number of carboxylic acid groups (broad SMARTS) is 1. The smallest absolute Gasteiger partial charge is 0.409 e. The van der Waals surface area contributed by atoms with E-state index in [1.807, 2.05) is 0 Å². The molecule has 7 heteroatoms. The van der Waals surface area contributed by atoms with Crippen LogP contribution in [0.4, 0.5) is 14.2 Å². The normalized spacial score (nSPS) is 10.1. The molecule has 2 aromatic rings. The molecule has 1 amide bonds. The van der Waals surface area contributed by atoms with Gasteiger partial charge in [-0.2, -0.15) is 0 Å². The zero-order valence-corrected chi connectivity index (χ0v) is 10.1. The van der Waals surface area contributed by atoms with Crippen molar-refractivity contribution >= 4 is 22.4 Å². The highest BCUT2D eigenvalue weighted by Crippen LogP contribution is 2.32. The highest BCUT2D eigenvalue weighted by Gasteiger charge is 2.11. The van der Waals surface area contributed by atoms with Gasteiger partial charge in [-0.25, -0.2) is 14.2 Å². The minimum absolute atomic E-state index is 0.252. The molecule has 0 aliphatic carbocycles. The maximum absolute atomic E-state index is 12.9. The second kappa shape index (κ2) is 5.01. The molecule has 5 nitrogen and oxygen atoms in total. The molecule has 18 heavy (non-hydrogen) atoms. The van der Waals surface area contributed by atoms with Gasteiger partial charge in [-0.15, -0.1) is 0 Å². The molecule has 2 rings (SSSR count). The Balaban J connectivity index is 2.17. The Bertz CT molecular complexity index is 585. The zero-order chi connectivity index (χ0) is 13.1. The quantitative estimate of drug-likeness (QED) is 0.894. The maximum Gasteiger partial charge on any atom is 0.409 e. The Morgan fingerprint density at radius 1 is 1.56 bits per heavy atom. The summed E-state index contributed by atoms with van der Waals surface area (Å²) in [5.41, 5.74) is 0.508. The molecule has 0 fully saturated rings. The van der Waals surface area contributed by atoms with Crippen LogP contribution in [0.5, 0.6) is 10.9 Å². The van der Waals surface area contributed by atoms with Crippen LogP contribution in [-0.4, -0.2) is 16.2 Å². The van der Waals surface area contributed by atoms with E-state index in [4.69, 9.17) is 9.84 Å². The highest BCUT2D eigenvalue weighted by molar-refractivity contribution is 7.17. The van der Waals surface area contributed by atoms with Crippen LogP contribution in [0, 0.1) is 12.7 Å². The van der Waals surface area contributed by atoms with E-state index < -0.39 is 11.9 Å². The molecule has 0 saturated heterocycles. The number of aryl methyl sites for hydroxylation is 1. The molecular formula is C11H9FN2O3S. The first kappa shape index (κ1) is 12.3. The Kier molecular flexibility index (Phi) is 3.42. The van der Waals surface area contributed by atoms with Crippen molar-refractivity contribution in [3.63, 3.8) is 0 Å². The van der Waals surface area contributed by atoms with E-state index in [9.17, 15) is 9.18 Å². The van der Waals surface area contributed by atoms with Gasteiger partial charge in [0.15, 0.2) is 0 Å². The van der Waals surface area contributed by atoms with Gasteiger partial charge in [0, 0.05) is 6.07 Å². The van der Waals surface area contributed by atoms with Crippen molar-refractivity contribution < 1.29 is 19.0 Å². The van der Waals surface area contributed by atoms with Crippen molar-refractivity contribution in [3.05, 3.63) is 35.8 Å². The predicted molar refractivity (Wildman–Crippen MR) is 65.0 cm³/mol. The van der Waals surface area contributed by atoms with Crippen LogP contribution in [0.25, 0.3) is 0 Å². The summed E-state index contributed by atoms with van der Waals surface area (Å²) >= 11 is 1.04. The summed E-state index contributed by atoms with van der Waals surface area (Å²) in [6.07, 6.45) is -1.17. The molecule has 1 heterocycles. The molecule has 0 aliphatic heterocycles. The number of rotatable bonds is 3. The minimum atomic E-state index is -1.17. The lowest BCUT2D eigenvalue weighted by Crippen LogP contribution is -2.06. The van der Waals surface area contributed by atoms with E-state index in [-0.39, 0.29) is 5.19 Å². The molecule has 0 spiro atoms. The average molecular weight is 268 g/mol. The first-order chi connectivity index (χ1) is 8.54. The Morgan fingerprint density at radius 3 is 3.00 bits per heavy atom. The second-order valence-electron chi connectivity index (χ2n) is 3.38. The topological polar surface area (TPSA) is 71.5 Å². The maximum atomic E-state index is 12.9. The van der Waals surface area contributed by atoms with Gasteiger partial charge in [-0.3, -0.25) is 5.32 Å². The standard InChI is InChI=1S/C11H9FN2O3S/c1-6-9(14-10(15)16)18-11(13-6)17-8-4-2-3-7(12)5-8/h2-5,14H,1H3,(H,15,16). The number of ether oxygens (including phenoxy) is 1. The molecule has 0 unspecified atom stereocenters. The SMILES string of the molecule is Cc1nc(Oc2cccc(F)c2)sc1NC(=O)O. The van der Waals surface area contributed by atoms with E-state index in [2.05, 4.69) is 10.3 Å². The first-order valence-electron chi connectivity index (χ1n) is 4.95. The third-order valence-electron chi connectivity index (χ3n) is 2.00. The largest absolute Gasteiger partial charge is 0.465 e. The van der Waals surface area contributed by atoms with Crippen molar-refractivity contribution in [2.24, 2.45) is 0 Å². The Morgan fingerprint density at radius 2 is 2.33 bits per heavy atom. The minimum Gasteiger partial charge on any atom is -0.465 e. The van der Waals surface area contributed by atoms with Crippen molar-refractivity contribution in [2.75, 3.05) is 5.32 Å². The molecule has 0 aliphatic rings. The molecule has 2 N–H and O–H groups in total. The van der Waals surface area contributed by atoms with E-state index >= 15 is 0 Å². The van der Waals surface area contributed by atoms with E-state index in [0.717, 1.165) is 11.3 Å². The van der Waals surface area contributed by atoms with Crippen molar-refractivity contribution in [1.29, 1.82) is 0 Å². The fourth-order valence-electron chi connectivity index (χ4n) is 1.26. The van der Waals surface area contributed by atoms with Gasteiger partial charge in [0.1, 0.15) is 16.6 Å². The van der Waals surface area contributed by atoms with Crippen LogP contribution in [0.3, 0.4) is 0 Å². The van der Waals surface area contributed by atoms with Crippen LogP contribution in [0.1, 0.15) is 5.69 Å². The van der Waals surface area contributed by atoms with Crippen LogP contribution < -0.4 is 10.1 Å². The molecule has 0 bridgehead atoms. The summed E-state index contributed by atoms with van der Waals surface area (Å²) in [6.45, 7) is 1.65. The van der Waals surface area contributed by atoms with E-state index in [0.29, 0.717) is 16.4 Å². The summed E-state index contributed by atoms with van der Waals surface area (Å²) in [4.78, 5) is 14.5. The number of hydrogen-bond donors (Lipinski definition) is 2. The Hall–Kier alpha value is -2.15. The number of aromatic nitrogens is 1. The Labute approximate surface area is 106 Å². The predicted octanol–water partition coefficient (Wildman–Crippen LogP) is 3.47. The number of benzene rings is 1. The van der Waals surface area contributed by atoms with Gasteiger partial charge < -0.3 is 9.84 Å². The number of thiazole rings is 1. The average Bonchev–Trinajstić information content (AvgIpc) is 2.58. The number of halogens is 1. The fourth-order valence-corrected chi connectivity index (χ4v) is 2.09. The van der Waals surface area contributed by atoms with Gasteiger partial charge in [0.25, 0.3) is 5.19 Å². The number of nitrogens with one attached hydrogen (secondary N) is 1. The van der Waals surface area contributed by atoms with E-state index in [1.54, 1.807) is 13.0 Å². The summed E-state index contributed by atoms with van der Waals surface area (Å²) < 4.78 is 18.3. The highest BCUT2D eigenvalue weighted by atomic mass is 32.1. The fraction of sp³-hybridized carbons (Fsp3) is 0.0909. The lowest BCUT2D eigenvalue weighted by molar-refractivity contribution is 0.210. The van der Waals surface area contributed by atoms with Crippen LogP contribution >= 0.6 is 11.3 Å². The summed E-state index contributed by atoms with van der Waals surface area (Å²) in [5.74, 6) is -0.102. The van der Waals surface area contributed by atoms with Gasteiger partial charge in [0.05, 0.1) is 5.69 Å². The monoisotopic (exact) mass is 268 g/mol. The van der Waals surface area contributed by atoms with Crippen molar-refractivity contribution in [3.8, 4) is 10.9 Å². The molecule has 0 radical (unpaired) electrons. The molecule has 1 aromatic carbocycles. The summed E-state index contributed by atoms with van der Waals surface area (Å²) in [5, 5.41) is 11.4. The van der Waals surface area contributed by atoms with Crippen LogP contribution in [0.2, 0.25) is 0 Å². The summed E-state index contributed by atoms with van der Waals surface area (Å²) in [7, 11) is 0. The van der Waals surface area contributed by atoms with Gasteiger partial charge >= 0.3 is 6.09 Å². The number of amides is 1.